The summed E-state index contributed by atoms with van der Waals surface area (Å²) in [4.78, 5) is 8.56. The van der Waals surface area contributed by atoms with Crippen molar-refractivity contribution < 1.29 is 5.11 Å². The highest BCUT2D eigenvalue weighted by molar-refractivity contribution is 6.31. The molecule has 1 unspecified atom stereocenters. The van der Waals surface area contributed by atoms with Crippen LogP contribution in [0, 0.1) is 0 Å². The highest BCUT2D eigenvalue weighted by atomic mass is 35.5. The van der Waals surface area contributed by atoms with Gasteiger partial charge in [0.2, 0.25) is 0 Å². The topological polar surface area (TPSA) is 50.9 Å². The maximum Gasteiger partial charge on any atom is 0.112 e. The highest BCUT2D eigenvalue weighted by Crippen LogP contribution is 2.26. The molecule has 0 aliphatic carbocycles. The molecule has 108 valence electrons. The number of benzene rings is 1. The number of aromatic nitrogens is 3. The van der Waals surface area contributed by atoms with E-state index in [1.54, 1.807) is 18.5 Å². The molecule has 5 heteroatoms. The Labute approximate surface area is 128 Å². The number of aliphatic hydroxyl groups is 1. The van der Waals surface area contributed by atoms with Crippen LogP contribution in [0.15, 0.2) is 42.7 Å². The van der Waals surface area contributed by atoms with Gasteiger partial charge in [0.05, 0.1) is 22.2 Å². The highest BCUT2D eigenvalue weighted by Gasteiger charge is 2.17. The number of para-hydroxylation sites is 2. The molecule has 3 aromatic rings. The summed E-state index contributed by atoms with van der Waals surface area (Å²) >= 11 is 6.09. The van der Waals surface area contributed by atoms with E-state index in [1.807, 2.05) is 24.3 Å². The van der Waals surface area contributed by atoms with E-state index in [0.29, 0.717) is 17.0 Å². The van der Waals surface area contributed by atoms with Crippen LogP contribution in [-0.2, 0) is 13.0 Å². The molecule has 2 heterocycles. The van der Waals surface area contributed by atoms with Gasteiger partial charge in [-0.1, -0.05) is 23.7 Å². The number of fused-ring (bicyclic) bond motifs is 1. The number of imidazole rings is 1. The molecule has 0 amide bonds. The van der Waals surface area contributed by atoms with E-state index in [-0.39, 0.29) is 0 Å². The van der Waals surface area contributed by atoms with Gasteiger partial charge in [-0.05, 0) is 25.1 Å². The standard InChI is InChI=1S/C16H16ClN3O/c1-2-20-14-6-4-3-5-13(14)19-16(20)9-15(21)11-7-8-18-10-12(11)17/h3-8,10,15,21H,2,9H2,1H3. The van der Waals surface area contributed by atoms with E-state index in [9.17, 15) is 5.11 Å². The molecule has 3 rings (SSSR count). The molecule has 1 N–H and O–H groups in total. The molecule has 21 heavy (non-hydrogen) atoms. The van der Waals surface area contributed by atoms with E-state index >= 15 is 0 Å². The summed E-state index contributed by atoms with van der Waals surface area (Å²) in [6.45, 7) is 2.88. The van der Waals surface area contributed by atoms with Crippen LogP contribution < -0.4 is 0 Å². The molecule has 4 nitrogen and oxygen atoms in total. The fourth-order valence-electron chi connectivity index (χ4n) is 2.57. The largest absolute Gasteiger partial charge is 0.388 e. The number of halogens is 1. The number of aliphatic hydroxyl groups excluding tert-OH is 1. The van der Waals surface area contributed by atoms with E-state index in [4.69, 9.17) is 11.6 Å². The smallest absolute Gasteiger partial charge is 0.112 e. The normalized spacial score (nSPS) is 12.7. The summed E-state index contributed by atoms with van der Waals surface area (Å²) in [5, 5.41) is 10.9. The van der Waals surface area contributed by atoms with Gasteiger partial charge in [0.1, 0.15) is 5.82 Å². The van der Waals surface area contributed by atoms with Crippen LogP contribution in [0.3, 0.4) is 0 Å². The summed E-state index contributed by atoms with van der Waals surface area (Å²) in [6, 6.07) is 9.73. The van der Waals surface area contributed by atoms with Crippen molar-refractivity contribution in [3.63, 3.8) is 0 Å². The number of hydrogen-bond acceptors (Lipinski definition) is 3. The molecule has 0 aliphatic rings. The van der Waals surface area contributed by atoms with Gasteiger partial charge in [-0.25, -0.2) is 4.98 Å². The van der Waals surface area contributed by atoms with Crippen LogP contribution in [0.2, 0.25) is 5.02 Å². The number of nitrogens with zero attached hydrogens (tertiary/aromatic N) is 3. The molecular formula is C16H16ClN3O. The summed E-state index contributed by atoms with van der Waals surface area (Å²) in [5.41, 5.74) is 2.71. The summed E-state index contributed by atoms with van der Waals surface area (Å²) in [5.74, 6) is 0.860. The molecule has 1 aromatic carbocycles. The first-order valence-corrected chi connectivity index (χ1v) is 7.30. The van der Waals surface area contributed by atoms with E-state index in [1.165, 1.54) is 0 Å². The Balaban J connectivity index is 1.96. The van der Waals surface area contributed by atoms with E-state index < -0.39 is 6.10 Å². The van der Waals surface area contributed by atoms with Crippen LogP contribution in [0.1, 0.15) is 24.4 Å². The summed E-state index contributed by atoms with van der Waals surface area (Å²) in [7, 11) is 0. The third-order valence-corrected chi connectivity index (χ3v) is 3.90. The van der Waals surface area contributed by atoms with Crippen LogP contribution in [0.4, 0.5) is 0 Å². The Hall–Kier alpha value is -1.91. The van der Waals surface area contributed by atoms with Crippen molar-refractivity contribution in [2.24, 2.45) is 0 Å². The van der Waals surface area contributed by atoms with Crippen molar-refractivity contribution in [3.8, 4) is 0 Å². The molecule has 0 radical (unpaired) electrons. The zero-order valence-corrected chi connectivity index (χ0v) is 12.5. The van der Waals surface area contributed by atoms with Gasteiger partial charge in [-0.15, -0.1) is 0 Å². The SMILES string of the molecule is CCn1c(CC(O)c2ccncc2Cl)nc2ccccc21. The number of pyridine rings is 1. The number of hydrogen-bond donors (Lipinski definition) is 1. The minimum absolute atomic E-state index is 0.423. The first-order chi connectivity index (χ1) is 10.2. The lowest BCUT2D eigenvalue weighted by Crippen LogP contribution is -2.09. The van der Waals surface area contributed by atoms with Gasteiger partial charge in [-0.3, -0.25) is 4.98 Å². The average Bonchev–Trinajstić information content (AvgIpc) is 2.84. The molecule has 0 aliphatic heterocycles. The van der Waals surface area contributed by atoms with Crippen LogP contribution >= 0.6 is 11.6 Å². The third kappa shape index (κ3) is 2.64. The van der Waals surface area contributed by atoms with E-state index in [2.05, 4.69) is 21.5 Å². The Morgan fingerprint density at radius 1 is 1.29 bits per heavy atom. The van der Waals surface area contributed by atoms with E-state index in [0.717, 1.165) is 23.4 Å². The van der Waals surface area contributed by atoms with Gasteiger partial charge < -0.3 is 9.67 Å². The van der Waals surface area contributed by atoms with Gasteiger partial charge >= 0.3 is 0 Å². The fourth-order valence-corrected chi connectivity index (χ4v) is 2.82. The molecule has 1 atom stereocenters. The molecule has 0 saturated carbocycles. The maximum absolute atomic E-state index is 10.4. The third-order valence-electron chi connectivity index (χ3n) is 3.59. The zero-order valence-electron chi connectivity index (χ0n) is 11.7. The molecule has 0 bridgehead atoms. The molecule has 0 saturated heterocycles. The van der Waals surface area contributed by atoms with Gasteiger partial charge in [-0.2, -0.15) is 0 Å². The minimum atomic E-state index is -0.692. The van der Waals surface area contributed by atoms with Crippen molar-refractivity contribution >= 4 is 22.6 Å². The Morgan fingerprint density at radius 2 is 2.10 bits per heavy atom. The lowest BCUT2D eigenvalue weighted by molar-refractivity contribution is 0.174. The zero-order chi connectivity index (χ0) is 14.8. The van der Waals surface area contributed by atoms with Crippen LogP contribution in [0.5, 0.6) is 0 Å². The molecular weight excluding hydrogens is 286 g/mol. The second-order valence-electron chi connectivity index (χ2n) is 4.88. The number of aryl methyl sites for hydroxylation is 1. The van der Waals surface area contributed by atoms with Gasteiger partial charge in [0, 0.05) is 30.9 Å². The lowest BCUT2D eigenvalue weighted by atomic mass is 10.1. The summed E-state index contributed by atoms with van der Waals surface area (Å²) in [6.07, 6.45) is 2.91. The average molecular weight is 302 g/mol. The molecule has 0 spiro atoms. The predicted molar refractivity (Wildman–Crippen MR) is 83.3 cm³/mol. The Kier molecular flexibility index (Phi) is 3.90. The van der Waals surface area contributed by atoms with Crippen molar-refractivity contribution in [3.05, 3.63) is 59.1 Å². The van der Waals surface area contributed by atoms with Crippen molar-refractivity contribution in [2.75, 3.05) is 0 Å². The summed E-state index contributed by atoms with van der Waals surface area (Å²) < 4.78 is 2.12. The van der Waals surface area contributed by atoms with Crippen molar-refractivity contribution in [1.29, 1.82) is 0 Å². The second-order valence-corrected chi connectivity index (χ2v) is 5.29. The fraction of sp³-hybridized carbons (Fsp3) is 0.250. The first-order valence-electron chi connectivity index (χ1n) is 6.92. The number of rotatable bonds is 4. The van der Waals surface area contributed by atoms with Crippen molar-refractivity contribution in [1.82, 2.24) is 14.5 Å². The monoisotopic (exact) mass is 301 g/mol. The molecule has 0 fully saturated rings. The molecule has 2 aromatic heterocycles. The Morgan fingerprint density at radius 3 is 2.86 bits per heavy atom. The predicted octanol–water partition coefficient (Wildman–Crippen LogP) is 3.38. The Bertz CT molecular complexity index is 769. The van der Waals surface area contributed by atoms with Crippen LogP contribution in [-0.4, -0.2) is 19.6 Å². The van der Waals surface area contributed by atoms with Crippen molar-refractivity contribution in [2.45, 2.75) is 26.0 Å². The second kappa shape index (κ2) is 5.84. The van der Waals surface area contributed by atoms with Gasteiger partial charge in [0.15, 0.2) is 0 Å². The maximum atomic E-state index is 10.4. The first kappa shape index (κ1) is 14.0. The quantitative estimate of drug-likeness (QED) is 0.803. The lowest BCUT2D eigenvalue weighted by Gasteiger charge is -2.13. The van der Waals surface area contributed by atoms with Gasteiger partial charge in [0.25, 0.3) is 0 Å². The minimum Gasteiger partial charge on any atom is -0.388 e. The van der Waals surface area contributed by atoms with Crippen LogP contribution in [0.25, 0.3) is 11.0 Å².